The Morgan fingerprint density at radius 1 is 1.04 bits per heavy atom. The van der Waals surface area contributed by atoms with Gasteiger partial charge in [0.1, 0.15) is 5.76 Å². The number of hydrogen-bond donors (Lipinski definition) is 1. The van der Waals surface area contributed by atoms with Crippen molar-refractivity contribution in [2.24, 2.45) is 0 Å². The summed E-state index contributed by atoms with van der Waals surface area (Å²) < 4.78 is 6.49. The second-order valence-corrected chi connectivity index (χ2v) is 6.76. The Morgan fingerprint density at radius 3 is 2.57 bits per heavy atom. The molecule has 4 rings (SSSR count). The number of carbonyl (C=O) groups is 1. The molecule has 2 heterocycles. The van der Waals surface area contributed by atoms with E-state index in [0.29, 0.717) is 33.6 Å². The van der Waals surface area contributed by atoms with Crippen molar-refractivity contribution in [3.8, 4) is 5.82 Å². The zero-order chi connectivity index (χ0) is 19.8. The fourth-order valence-corrected chi connectivity index (χ4v) is 3.22. The van der Waals surface area contributed by atoms with Crippen LogP contribution >= 0.6 is 0 Å². The molecule has 2 aromatic carbocycles. The van der Waals surface area contributed by atoms with E-state index in [-0.39, 0.29) is 11.5 Å². The molecule has 0 saturated carbocycles. The number of carbonyl (C=O) groups excluding carboxylic acids is 1. The van der Waals surface area contributed by atoms with Gasteiger partial charge in [0.05, 0.1) is 0 Å². The van der Waals surface area contributed by atoms with Gasteiger partial charge in [-0.2, -0.15) is 0 Å². The van der Waals surface area contributed by atoms with Gasteiger partial charge in [0, 0.05) is 34.3 Å². The molecule has 6 nitrogen and oxygen atoms in total. The molecule has 28 heavy (non-hydrogen) atoms. The molecule has 140 valence electrons. The largest absolute Gasteiger partial charge is 0.360 e. The summed E-state index contributed by atoms with van der Waals surface area (Å²) in [5.74, 6) is 0.843. The second kappa shape index (κ2) is 6.81. The van der Waals surface area contributed by atoms with Gasteiger partial charge in [0.2, 0.25) is 0 Å². The van der Waals surface area contributed by atoms with E-state index in [1.807, 2.05) is 26.0 Å². The van der Waals surface area contributed by atoms with Crippen molar-refractivity contribution < 1.29 is 9.32 Å². The van der Waals surface area contributed by atoms with Crippen molar-refractivity contribution in [2.45, 2.75) is 20.8 Å². The van der Waals surface area contributed by atoms with Crippen LogP contribution in [0, 0.1) is 20.8 Å². The Hall–Kier alpha value is -3.67. The quantitative estimate of drug-likeness (QED) is 0.585. The van der Waals surface area contributed by atoms with Crippen LogP contribution in [0.3, 0.4) is 0 Å². The zero-order valence-electron chi connectivity index (χ0n) is 15.8. The van der Waals surface area contributed by atoms with Gasteiger partial charge >= 0.3 is 0 Å². The van der Waals surface area contributed by atoms with Crippen molar-refractivity contribution in [1.29, 1.82) is 0 Å². The molecule has 2 aromatic heterocycles. The van der Waals surface area contributed by atoms with Crippen LogP contribution in [0.4, 0.5) is 5.69 Å². The molecule has 6 heteroatoms. The van der Waals surface area contributed by atoms with Gasteiger partial charge in [-0.05, 0) is 56.2 Å². The summed E-state index contributed by atoms with van der Waals surface area (Å²) >= 11 is 0. The summed E-state index contributed by atoms with van der Waals surface area (Å²) in [6.45, 7) is 5.66. The number of anilines is 1. The molecular weight excluding hydrogens is 354 g/mol. The summed E-state index contributed by atoms with van der Waals surface area (Å²) in [5, 5.41) is 8.00. The summed E-state index contributed by atoms with van der Waals surface area (Å²) in [6.07, 6.45) is 1.63. The highest BCUT2D eigenvalue weighted by Gasteiger charge is 2.14. The lowest BCUT2D eigenvalue weighted by atomic mass is 10.0. The topological polar surface area (TPSA) is 77.1 Å². The number of hydrogen-bond acceptors (Lipinski definition) is 4. The third kappa shape index (κ3) is 2.99. The van der Waals surface area contributed by atoms with E-state index in [1.165, 1.54) is 4.57 Å². The molecule has 0 aliphatic carbocycles. The van der Waals surface area contributed by atoms with Gasteiger partial charge in [-0.1, -0.05) is 23.4 Å². The van der Waals surface area contributed by atoms with E-state index in [2.05, 4.69) is 10.5 Å². The predicted octanol–water partition coefficient (Wildman–Crippen LogP) is 4.16. The maximum Gasteiger partial charge on any atom is 0.264 e. The Morgan fingerprint density at radius 2 is 1.82 bits per heavy atom. The van der Waals surface area contributed by atoms with E-state index < -0.39 is 0 Å². The van der Waals surface area contributed by atoms with Crippen molar-refractivity contribution in [3.63, 3.8) is 0 Å². The van der Waals surface area contributed by atoms with E-state index in [4.69, 9.17) is 4.52 Å². The smallest absolute Gasteiger partial charge is 0.264 e. The molecule has 0 radical (unpaired) electrons. The minimum Gasteiger partial charge on any atom is -0.360 e. The van der Waals surface area contributed by atoms with Crippen LogP contribution in [-0.2, 0) is 0 Å². The first-order valence-corrected chi connectivity index (χ1v) is 8.91. The standard InChI is InChI=1S/C22H19N3O3/c1-13-6-4-7-16(15(13)3)21(26)23-19-9-5-8-18-17(19)10-11-25(22(18)27)20-12-14(2)28-24-20/h4-12H,1-3H3,(H,23,26). The summed E-state index contributed by atoms with van der Waals surface area (Å²) in [6, 6.07) is 14.4. The van der Waals surface area contributed by atoms with Gasteiger partial charge in [-0.25, -0.2) is 0 Å². The molecule has 0 fully saturated rings. The Kier molecular flexibility index (Phi) is 4.31. The van der Waals surface area contributed by atoms with Crippen molar-refractivity contribution in [2.75, 3.05) is 5.32 Å². The fourth-order valence-electron chi connectivity index (χ4n) is 3.22. The van der Waals surface area contributed by atoms with E-state index in [0.717, 1.165) is 11.1 Å². The first-order chi connectivity index (χ1) is 13.5. The van der Waals surface area contributed by atoms with E-state index in [1.54, 1.807) is 49.5 Å². The SMILES string of the molecule is Cc1cc(-n2ccc3c(NC(=O)c4cccc(C)c4C)cccc3c2=O)no1. The average molecular weight is 373 g/mol. The Balaban J connectivity index is 1.77. The molecule has 1 N–H and O–H groups in total. The maximum absolute atomic E-state index is 12.9. The average Bonchev–Trinajstić information content (AvgIpc) is 3.11. The lowest BCUT2D eigenvalue weighted by molar-refractivity contribution is 0.102. The molecule has 0 aliphatic heterocycles. The molecule has 1 amide bonds. The minimum atomic E-state index is -0.228. The Labute approximate surface area is 161 Å². The molecular formula is C22H19N3O3. The highest BCUT2D eigenvalue weighted by Crippen LogP contribution is 2.23. The number of fused-ring (bicyclic) bond motifs is 1. The number of pyridine rings is 1. The fraction of sp³-hybridized carbons (Fsp3) is 0.136. The van der Waals surface area contributed by atoms with Crippen molar-refractivity contribution in [3.05, 3.63) is 87.5 Å². The third-order valence-electron chi connectivity index (χ3n) is 4.91. The van der Waals surface area contributed by atoms with Crippen molar-refractivity contribution in [1.82, 2.24) is 9.72 Å². The lowest BCUT2D eigenvalue weighted by Crippen LogP contribution is -2.19. The highest BCUT2D eigenvalue weighted by molar-refractivity contribution is 6.09. The predicted molar refractivity (Wildman–Crippen MR) is 108 cm³/mol. The monoisotopic (exact) mass is 373 g/mol. The van der Waals surface area contributed by atoms with Gasteiger partial charge in [-0.15, -0.1) is 0 Å². The summed E-state index contributed by atoms with van der Waals surface area (Å²) in [7, 11) is 0. The number of aryl methyl sites for hydroxylation is 2. The Bertz CT molecular complexity index is 1270. The number of aromatic nitrogens is 2. The van der Waals surface area contributed by atoms with Crippen LogP contribution in [-0.4, -0.2) is 15.6 Å². The van der Waals surface area contributed by atoms with E-state index >= 15 is 0 Å². The van der Waals surface area contributed by atoms with E-state index in [9.17, 15) is 9.59 Å². The molecule has 0 bridgehead atoms. The van der Waals surface area contributed by atoms with Crippen LogP contribution in [0.5, 0.6) is 0 Å². The number of rotatable bonds is 3. The van der Waals surface area contributed by atoms with Crippen molar-refractivity contribution >= 4 is 22.4 Å². The van der Waals surface area contributed by atoms with Crippen LogP contribution in [0.25, 0.3) is 16.6 Å². The maximum atomic E-state index is 12.9. The van der Waals surface area contributed by atoms with Crippen LogP contribution in [0.15, 0.2) is 64.0 Å². The highest BCUT2D eigenvalue weighted by atomic mass is 16.5. The van der Waals surface area contributed by atoms with Gasteiger partial charge in [0.25, 0.3) is 11.5 Å². The zero-order valence-corrected chi connectivity index (χ0v) is 15.8. The molecule has 0 atom stereocenters. The minimum absolute atomic E-state index is 0.204. The normalized spacial score (nSPS) is 11.0. The number of benzene rings is 2. The van der Waals surface area contributed by atoms with Gasteiger partial charge < -0.3 is 9.84 Å². The van der Waals surface area contributed by atoms with Crippen LogP contribution < -0.4 is 10.9 Å². The molecule has 0 spiro atoms. The van der Waals surface area contributed by atoms with Crippen LogP contribution in [0.2, 0.25) is 0 Å². The summed E-state index contributed by atoms with van der Waals surface area (Å²) in [5.41, 5.74) is 2.96. The molecule has 0 aliphatic rings. The summed E-state index contributed by atoms with van der Waals surface area (Å²) in [4.78, 5) is 25.7. The third-order valence-corrected chi connectivity index (χ3v) is 4.91. The van der Waals surface area contributed by atoms with Crippen LogP contribution in [0.1, 0.15) is 27.2 Å². The second-order valence-electron chi connectivity index (χ2n) is 6.76. The number of nitrogens with zero attached hydrogens (tertiary/aromatic N) is 2. The molecule has 4 aromatic rings. The lowest BCUT2D eigenvalue weighted by Gasteiger charge is -2.12. The van der Waals surface area contributed by atoms with Gasteiger partial charge in [0.15, 0.2) is 5.82 Å². The first-order valence-electron chi connectivity index (χ1n) is 8.91. The molecule has 0 unspecified atom stereocenters. The molecule has 0 saturated heterocycles. The number of nitrogens with one attached hydrogen (secondary N) is 1. The number of amides is 1. The first kappa shape index (κ1) is 17.7. The van der Waals surface area contributed by atoms with Gasteiger partial charge in [-0.3, -0.25) is 14.2 Å².